The summed E-state index contributed by atoms with van der Waals surface area (Å²) in [5.41, 5.74) is 0.540. The number of carbonyl (C=O) groups excluding carboxylic acids is 1. The predicted molar refractivity (Wildman–Crippen MR) is 58.9 cm³/mol. The van der Waals surface area contributed by atoms with Gasteiger partial charge >= 0.3 is 5.91 Å². The highest BCUT2D eigenvalue weighted by Crippen LogP contribution is 2.03. The Morgan fingerprint density at radius 3 is 2.67 bits per heavy atom. The van der Waals surface area contributed by atoms with Gasteiger partial charge in [-0.2, -0.15) is 4.79 Å². The average Bonchev–Trinajstić information content (AvgIpc) is 2.31. The Morgan fingerprint density at radius 2 is 2.13 bits per heavy atom. The van der Waals surface area contributed by atoms with Crippen molar-refractivity contribution in [2.24, 2.45) is 5.92 Å². The monoisotopic (exact) mass is 204 g/mol. The standard InChI is InChI=1S/C12H14NO2/c1-2-10(9-14)8-13-12(15)11-6-4-3-5-7-11/h3-7,10,14H,2,9H2,1H3/q+1/t10-/m1/s1. The molecule has 0 aliphatic carbocycles. The molecule has 15 heavy (non-hydrogen) atoms. The number of amides is 1. The molecule has 1 N–H and O–H groups in total. The first kappa shape index (κ1) is 11.4. The van der Waals surface area contributed by atoms with Crippen LogP contribution < -0.4 is 0 Å². The molecular weight excluding hydrogens is 190 g/mol. The summed E-state index contributed by atoms with van der Waals surface area (Å²) >= 11 is 0. The lowest BCUT2D eigenvalue weighted by Crippen LogP contribution is -2.01. The SMILES string of the molecule is CC[C@H](C#[N+]C(=O)c1ccccc1)CO. The Hall–Kier alpha value is -1.66. The summed E-state index contributed by atoms with van der Waals surface area (Å²) in [4.78, 5) is 15.2. The van der Waals surface area contributed by atoms with Crippen LogP contribution in [0.3, 0.4) is 0 Å². The topological polar surface area (TPSA) is 41.7 Å². The number of aliphatic hydroxyl groups excluding tert-OH is 1. The molecule has 3 heteroatoms. The summed E-state index contributed by atoms with van der Waals surface area (Å²) in [6.07, 6.45) is 0.724. The van der Waals surface area contributed by atoms with Crippen LogP contribution in [-0.2, 0) is 0 Å². The maximum Gasteiger partial charge on any atom is 0.547 e. The Balaban J connectivity index is 2.71. The molecule has 0 spiro atoms. The molecule has 0 saturated carbocycles. The summed E-state index contributed by atoms with van der Waals surface area (Å²) in [6.45, 7) is 1.89. The van der Waals surface area contributed by atoms with Crippen molar-refractivity contribution in [3.63, 3.8) is 0 Å². The number of benzene rings is 1. The van der Waals surface area contributed by atoms with Gasteiger partial charge in [-0.15, -0.1) is 0 Å². The third-order valence-corrected chi connectivity index (χ3v) is 2.08. The molecule has 1 aromatic rings. The Bertz CT molecular complexity index is 372. The summed E-state index contributed by atoms with van der Waals surface area (Å²) in [7, 11) is 0. The van der Waals surface area contributed by atoms with Crippen LogP contribution in [0, 0.1) is 12.0 Å². The van der Waals surface area contributed by atoms with Gasteiger partial charge in [-0.25, -0.2) is 0 Å². The van der Waals surface area contributed by atoms with Gasteiger partial charge in [-0.3, -0.25) is 0 Å². The Morgan fingerprint density at radius 1 is 1.47 bits per heavy atom. The van der Waals surface area contributed by atoms with E-state index in [-0.39, 0.29) is 18.4 Å². The van der Waals surface area contributed by atoms with Gasteiger partial charge in [0.2, 0.25) is 0 Å². The fraction of sp³-hybridized carbons (Fsp3) is 0.333. The molecule has 1 atom stereocenters. The maximum atomic E-state index is 11.5. The van der Waals surface area contributed by atoms with E-state index in [2.05, 4.69) is 10.9 Å². The van der Waals surface area contributed by atoms with E-state index >= 15 is 0 Å². The lowest BCUT2D eigenvalue weighted by atomic mass is 10.1. The minimum Gasteiger partial charge on any atom is -0.395 e. The molecule has 3 nitrogen and oxygen atoms in total. The first-order chi connectivity index (χ1) is 7.27. The quantitative estimate of drug-likeness (QED) is 0.819. The largest absolute Gasteiger partial charge is 0.547 e. The summed E-state index contributed by atoms with van der Waals surface area (Å²) in [5.74, 6) is -0.472. The van der Waals surface area contributed by atoms with Crippen molar-refractivity contribution < 1.29 is 9.90 Å². The van der Waals surface area contributed by atoms with Crippen LogP contribution in [0.5, 0.6) is 0 Å². The van der Waals surface area contributed by atoms with E-state index in [0.717, 1.165) is 6.42 Å². The zero-order valence-corrected chi connectivity index (χ0v) is 8.68. The molecule has 0 fully saturated rings. The van der Waals surface area contributed by atoms with Crippen LogP contribution >= 0.6 is 0 Å². The molecule has 1 amide bonds. The van der Waals surface area contributed by atoms with Gasteiger partial charge in [0.25, 0.3) is 6.07 Å². The molecule has 0 radical (unpaired) electrons. The second kappa shape index (κ2) is 5.94. The number of hydrogen-bond acceptors (Lipinski definition) is 2. The molecule has 0 aliphatic heterocycles. The summed E-state index contributed by atoms with van der Waals surface area (Å²) in [5, 5.41) is 8.88. The van der Waals surface area contributed by atoms with Crippen LogP contribution in [0.25, 0.3) is 4.85 Å². The van der Waals surface area contributed by atoms with Gasteiger partial charge in [0.1, 0.15) is 11.5 Å². The van der Waals surface area contributed by atoms with Crippen molar-refractivity contribution in [1.29, 1.82) is 0 Å². The number of aliphatic hydroxyl groups is 1. The van der Waals surface area contributed by atoms with Crippen LogP contribution in [0.2, 0.25) is 0 Å². The van der Waals surface area contributed by atoms with Crippen molar-refractivity contribution in [2.75, 3.05) is 6.61 Å². The van der Waals surface area contributed by atoms with E-state index in [9.17, 15) is 4.79 Å². The molecule has 0 aromatic heterocycles. The van der Waals surface area contributed by atoms with E-state index in [1.165, 1.54) is 0 Å². The van der Waals surface area contributed by atoms with Gasteiger partial charge in [0.15, 0.2) is 0 Å². The fourth-order valence-corrected chi connectivity index (χ4v) is 1.06. The van der Waals surface area contributed by atoms with Gasteiger partial charge in [-0.1, -0.05) is 25.1 Å². The molecule has 1 rings (SSSR count). The molecule has 0 unspecified atom stereocenters. The van der Waals surface area contributed by atoms with Crippen LogP contribution in [-0.4, -0.2) is 17.6 Å². The van der Waals surface area contributed by atoms with Gasteiger partial charge in [0, 0.05) is 4.85 Å². The maximum absolute atomic E-state index is 11.5. The first-order valence-corrected chi connectivity index (χ1v) is 4.94. The zero-order valence-electron chi connectivity index (χ0n) is 8.68. The smallest absolute Gasteiger partial charge is 0.395 e. The number of carbonyl (C=O) groups is 1. The van der Waals surface area contributed by atoms with E-state index in [4.69, 9.17) is 5.11 Å². The third kappa shape index (κ3) is 3.53. The molecule has 1 aromatic carbocycles. The molecular formula is C12H14NO2+. The number of rotatable bonds is 3. The predicted octanol–water partition coefficient (Wildman–Crippen LogP) is 2.18. The molecule has 0 aliphatic rings. The minimum atomic E-state index is -0.317. The Labute approximate surface area is 89.2 Å². The van der Waals surface area contributed by atoms with Crippen LogP contribution in [0.15, 0.2) is 30.3 Å². The van der Waals surface area contributed by atoms with Crippen molar-refractivity contribution in [3.05, 3.63) is 40.7 Å². The zero-order chi connectivity index (χ0) is 11.1. The first-order valence-electron chi connectivity index (χ1n) is 4.94. The summed E-state index contributed by atoms with van der Waals surface area (Å²) in [6, 6.07) is 11.5. The van der Waals surface area contributed by atoms with E-state index < -0.39 is 0 Å². The molecule has 0 bridgehead atoms. The summed E-state index contributed by atoms with van der Waals surface area (Å²) < 4.78 is 0. The van der Waals surface area contributed by atoms with Crippen LogP contribution in [0.4, 0.5) is 0 Å². The average molecular weight is 204 g/mol. The van der Waals surface area contributed by atoms with Gasteiger partial charge in [-0.05, 0) is 18.6 Å². The fourth-order valence-electron chi connectivity index (χ4n) is 1.06. The second-order valence-corrected chi connectivity index (χ2v) is 3.20. The Kier molecular flexibility index (Phi) is 4.52. The van der Waals surface area contributed by atoms with E-state index in [1.54, 1.807) is 24.3 Å². The third-order valence-electron chi connectivity index (χ3n) is 2.08. The van der Waals surface area contributed by atoms with Gasteiger partial charge < -0.3 is 5.11 Å². The molecule has 0 heterocycles. The number of hydrogen-bond donors (Lipinski definition) is 1. The van der Waals surface area contributed by atoms with Crippen molar-refractivity contribution in [3.8, 4) is 6.07 Å². The second-order valence-electron chi connectivity index (χ2n) is 3.20. The van der Waals surface area contributed by atoms with Gasteiger partial charge in [0.05, 0.1) is 6.61 Å². The highest BCUT2D eigenvalue weighted by atomic mass is 16.3. The molecule has 0 saturated heterocycles. The lowest BCUT2D eigenvalue weighted by molar-refractivity contribution is 0.104. The lowest BCUT2D eigenvalue weighted by Gasteiger charge is -1.91. The highest BCUT2D eigenvalue weighted by Gasteiger charge is 2.15. The van der Waals surface area contributed by atoms with E-state index in [1.807, 2.05) is 13.0 Å². The normalized spacial score (nSPS) is 11.3. The molecule has 78 valence electrons. The highest BCUT2D eigenvalue weighted by molar-refractivity contribution is 6.02. The van der Waals surface area contributed by atoms with Crippen LogP contribution in [0.1, 0.15) is 23.7 Å². The van der Waals surface area contributed by atoms with Crippen molar-refractivity contribution >= 4 is 5.91 Å². The van der Waals surface area contributed by atoms with E-state index in [0.29, 0.717) is 5.56 Å². The minimum absolute atomic E-state index is 0.0257. The van der Waals surface area contributed by atoms with Crippen molar-refractivity contribution in [2.45, 2.75) is 13.3 Å². The number of nitrogens with zero attached hydrogens (tertiary/aromatic N) is 1. The van der Waals surface area contributed by atoms with Crippen molar-refractivity contribution in [1.82, 2.24) is 0 Å².